The van der Waals surface area contributed by atoms with Crippen molar-refractivity contribution in [2.45, 2.75) is 11.8 Å². The third-order valence-electron chi connectivity index (χ3n) is 3.52. The van der Waals surface area contributed by atoms with Crippen molar-refractivity contribution in [1.29, 1.82) is 0 Å². The fraction of sp³-hybridized carbons (Fsp3) is 0.333. The van der Waals surface area contributed by atoms with Gasteiger partial charge in [0.15, 0.2) is 0 Å². The van der Waals surface area contributed by atoms with Crippen molar-refractivity contribution in [3.05, 3.63) is 29.8 Å². The summed E-state index contributed by atoms with van der Waals surface area (Å²) >= 11 is 0. The van der Waals surface area contributed by atoms with Crippen LogP contribution in [0, 0.1) is 11.8 Å². The number of primary sulfonamides is 1. The molecule has 2 amide bonds. The van der Waals surface area contributed by atoms with Crippen LogP contribution in [0.2, 0.25) is 0 Å². The molecular weight excluding hydrogens is 318 g/mol. The highest BCUT2D eigenvalue weighted by Gasteiger charge is 2.24. The Kier molecular flexibility index (Phi) is 5.03. The van der Waals surface area contributed by atoms with Crippen molar-refractivity contribution in [1.82, 2.24) is 9.80 Å². The smallest absolute Gasteiger partial charge is 0.298 e. The fourth-order valence-corrected chi connectivity index (χ4v) is 2.78. The Morgan fingerprint density at radius 2 is 1.57 bits per heavy atom. The predicted molar refractivity (Wildman–Crippen MR) is 83.7 cm³/mol. The van der Waals surface area contributed by atoms with Crippen molar-refractivity contribution >= 4 is 21.8 Å². The van der Waals surface area contributed by atoms with Gasteiger partial charge in [0.2, 0.25) is 10.0 Å². The Hall–Kier alpha value is -2.37. The maximum absolute atomic E-state index is 12.4. The molecule has 7 nitrogen and oxygen atoms in total. The van der Waals surface area contributed by atoms with Crippen LogP contribution < -0.4 is 5.14 Å². The van der Waals surface area contributed by atoms with E-state index < -0.39 is 10.0 Å². The van der Waals surface area contributed by atoms with E-state index in [4.69, 9.17) is 5.14 Å². The zero-order valence-electron chi connectivity index (χ0n) is 12.7. The largest absolute Gasteiger partial charge is 0.335 e. The average Bonchev–Trinajstić information content (AvgIpc) is 2.54. The highest BCUT2D eigenvalue weighted by Crippen LogP contribution is 2.12. The SMILES string of the molecule is CC#CC(=O)N1CCN(C(=O)c2ccc(S(N)(=O)=O)cc2)CC1. The maximum Gasteiger partial charge on any atom is 0.298 e. The van der Waals surface area contributed by atoms with Crippen molar-refractivity contribution in [2.75, 3.05) is 26.2 Å². The second-order valence-electron chi connectivity index (χ2n) is 5.03. The number of amides is 2. The molecule has 0 aromatic heterocycles. The van der Waals surface area contributed by atoms with Crippen LogP contribution in [-0.2, 0) is 14.8 Å². The van der Waals surface area contributed by atoms with Gasteiger partial charge in [-0.25, -0.2) is 13.6 Å². The van der Waals surface area contributed by atoms with Crippen molar-refractivity contribution in [3.8, 4) is 11.8 Å². The number of benzene rings is 1. The van der Waals surface area contributed by atoms with Crippen LogP contribution in [0.1, 0.15) is 17.3 Å². The summed E-state index contributed by atoms with van der Waals surface area (Å²) in [5.74, 6) is 4.59. The molecule has 1 aromatic carbocycles. The lowest BCUT2D eigenvalue weighted by molar-refractivity contribution is -0.126. The zero-order valence-corrected chi connectivity index (χ0v) is 13.5. The monoisotopic (exact) mass is 335 g/mol. The van der Waals surface area contributed by atoms with E-state index in [0.717, 1.165) is 0 Å². The number of nitrogens with two attached hydrogens (primary N) is 1. The summed E-state index contributed by atoms with van der Waals surface area (Å²) in [5, 5.41) is 5.02. The number of hydrogen-bond acceptors (Lipinski definition) is 4. The van der Waals surface area contributed by atoms with Crippen LogP contribution in [-0.4, -0.2) is 56.2 Å². The molecule has 1 aromatic rings. The molecule has 0 atom stereocenters. The molecule has 1 aliphatic rings. The van der Waals surface area contributed by atoms with Gasteiger partial charge in [-0.15, -0.1) is 0 Å². The minimum Gasteiger partial charge on any atom is -0.335 e. The molecule has 0 unspecified atom stereocenters. The van der Waals surface area contributed by atoms with Gasteiger partial charge in [-0.05, 0) is 37.1 Å². The average molecular weight is 335 g/mol. The Morgan fingerprint density at radius 3 is 2.04 bits per heavy atom. The Labute approximate surface area is 135 Å². The minimum absolute atomic E-state index is 0.0393. The fourth-order valence-electron chi connectivity index (χ4n) is 2.27. The second kappa shape index (κ2) is 6.81. The van der Waals surface area contributed by atoms with E-state index in [0.29, 0.717) is 31.7 Å². The highest BCUT2D eigenvalue weighted by molar-refractivity contribution is 7.89. The number of piperazine rings is 1. The standard InChI is InChI=1S/C15H17N3O4S/c1-2-3-14(19)17-8-10-18(11-9-17)15(20)12-4-6-13(7-5-12)23(16,21)22/h4-7H,8-11H2,1H3,(H2,16,21,22). The lowest BCUT2D eigenvalue weighted by Crippen LogP contribution is -2.50. The molecule has 0 bridgehead atoms. The number of hydrogen-bond donors (Lipinski definition) is 1. The lowest BCUT2D eigenvalue weighted by Gasteiger charge is -2.33. The Bertz CT molecular complexity index is 767. The summed E-state index contributed by atoms with van der Waals surface area (Å²) in [6.45, 7) is 3.27. The second-order valence-corrected chi connectivity index (χ2v) is 6.59. The van der Waals surface area contributed by atoms with Gasteiger partial charge < -0.3 is 9.80 Å². The van der Waals surface area contributed by atoms with Crippen LogP contribution >= 0.6 is 0 Å². The summed E-state index contributed by atoms with van der Waals surface area (Å²) in [6, 6.07) is 5.47. The summed E-state index contributed by atoms with van der Waals surface area (Å²) < 4.78 is 22.4. The molecule has 1 heterocycles. The molecule has 1 fully saturated rings. The van der Waals surface area contributed by atoms with Crippen LogP contribution in [0.3, 0.4) is 0 Å². The Morgan fingerprint density at radius 1 is 1.04 bits per heavy atom. The van der Waals surface area contributed by atoms with Crippen LogP contribution in [0.5, 0.6) is 0 Å². The summed E-state index contributed by atoms with van der Waals surface area (Å²) in [4.78, 5) is 27.2. The first-order valence-electron chi connectivity index (χ1n) is 6.96. The zero-order chi connectivity index (χ0) is 17.0. The number of sulfonamides is 1. The van der Waals surface area contributed by atoms with Crippen molar-refractivity contribution in [2.24, 2.45) is 5.14 Å². The Balaban J connectivity index is 2.02. The summed E-state index contributed by atoms with van der Waals surface area (Å²) in [6.07, 6.45) is 0. The molecule has 122 valence electrons. The molecular formula is C15H17N3O4S. The number of carbonyl (C=O) groups is 2. The molecule has 1 saturated heterocycles. The first kappa shape index (κ1) is 17.0. The van der Waals surface area contributed by atoms with Gasteiger partial charge in [0.25, 0.3) is 11.8 Å². The van der Waals surface area contributed by atoms with E-state index in [-0.39, 0.29) is 16.7 Å². The van der Waals surface area contributed by atoms with E-state index in [1.54, 1.807) is 16.7 Å². The molecule has 2 rings (SSSR count). The van der Waals surface area contributed by atoms with Gasteiger partial charge in [0.05, 0.1) is 4.90 Å². The summed E-state index contributed by atoms with van der Waals surface area (Å²) in [7, 11) is -3.77. The van der Waals surface area contributed by atoms with Crippen molar-refractivity contribution in [3.63, 3.8) is 0 Å². The number of nitrogens with zero attached hydrogens (tertiary/aromatic N) is 2. The maximum atomic E-state index is 12.4. The predicted octanol–water partition coefficient (Wildman–Crippen LogP) is -0.358. The summed E-state index contributed by atoms with van der Waals surface area (Å²) in [5.41, 5.74) is 0.380. The lowest BCUT2D eigenvalue weighted by atomic mass is 10.2. The highest BCUT2D eigenvalue weighted by atomic mass is 32.2. The van der Waals surface area contributed by atoms with Crippen LogP contribution in [0.4, 0.5) is 0 Å². The first-order chi connectivity index (χ1) is 10.8. The molecule has 23 heavy (non-hydrogen) atoms. The van der Waals surface area contributed by atoms with Gasteiger partial charge in [-0.3, -0.25) is 9.59 Å². The van der Waals surface area contributed by atoms with E-state index in [1.165, 1.54) is 24.3 Å². The van der Waals surface area contributed by atoms with Crippen LogP contribution in [0.15, 0.2) is 29.2 Å². The molecule has 0 spiro atoms. The van der Waals surface area contributed by atoms with E-state index in [2.05, 4.69) is 11.8 Å². The topological polar surface area (TPSA) is 101 Å². The molecule has 2 N–H and O–H groups in total. The van der Waals surface area contributed by atoms with Crippen molar-refractivity contribution < 1.29 is 18.0 Å². The van der Waals surface area contributed by atoms with Gasteiger partial charge in [-0.1, -0.05) is 5.92 Å². The third kappa shape index (κ3) is 4.09. The first-order valence-corrected chi connectivity index (χ1v) is 8.51. The normalized spacial score (nSPS) is 14.9. The number of rotatable bonds is 2. The van der Waals surface area contributed by atoms with Gasteiger partial charge in [-0.2, -0.15) is 0 Å². The van der Waals surface area contributed by atoms with Gasteiger partial charge >= 0.3 is 0 Å². The molecule has 0 aliphatic carbocycles. The van der Waals surface area contributed by atoms with Crippen LogP contribution in [0.25, 0.3) is 0 Å². The molecule has 8 heteroatoms. The third-order valence-corrected chi connectivity index (χ3v) is 4.45. The molecule has 0 radical (unpaired) electrons. The molecule has 1 aliphatic heterocycles. The molecule has 0 saturated carbocycles. The van der Waals surface area contributed by atoms with E-state index in [9.17, 15) is 18.0 Å². The quantitative estimate of drug-likeness (QED) is 0.746. The van der Waals surface area contributed by atoms with Gasteiger partial charge in [0.1, 0.15) is 0 Å². The van der Waals surface area contributed by atoms with E-state index >= 15 is 0 Å². The minimum atomic E-state index is -3.77. The van der Waals surface area contributed by atoms with Gasteiger partial charge in [0, 0.05) is 31.7 Å². The van der Waals surface area contributed by atoms with E-state index in [1.807, 2.05) is 0 Å². The number of carbonyl (C=O) groups excluding carboxylic acids is 2.